The summed E-state index contributed by atoms with van der Waals surface area (Å²) in [7, 11) is 0. The van der Waals surface area contributed by atoms with E-state index in [-0.39, 0.29) is 0 Å². The Morgan fingerprint density at radius 3 is 2.73 bits per heavy atom. The molecule has 1 aromatic rings. The van der Waals surface area contributed by atoms with Crippen LogP contribution in [0.25, 0.3) is 12.2 Å². The van der Waals surface area contributed by atoms with Crippen LogP contribution >= 0.6 is 0 Å². The molecule has 2 heteroatoms. The Kier molecular flexibility index (Phi) is 1.98. The normalized spacial score (nSPS) is 17.1. The molecule has 74 valence electrons. The molecule has 0 radical (unpaired) electrons. The SMILES string of the molecule is C1=Cc2c3c(ccc2=N1)=CC=N3.C1CC1. The van der Waals surface area contributed by atoms with Crippen molar-refractivity contribution in [3.63, 3.8) is 0 Å². The minimum Gasteiger partial charge on any atom is -0.256 e. The van der Waals surface area contributed by atoms with Gasteiger partial charge in [0, 0.05) is 23.2 Å². The van der Waals surface area contributed by atoms with Crippen molar-refractivity contribution in [2.24, 2.45) is 9.98 Å². The van der Waals surface area contributed by atoms with Crippen LogP contribution in [0.5, 0.6) is 0 Å². The van der Waals surface area contributed by atoms with Gasteiger partial charge in [0.15, 0.2) is 0 Å². The van der Waals surface area contributed by atoms with Crippen LogP contribution in [0.1, 0.15) is 24.8 Å². The molecule has 2 heterocycles. The van der Waals surface area contributed by atoms with Gasteiger partial charge in [-0.3, -0.25) is 9.98 Å². The molecule has 1 aliphatic carbocycles. The predicted molar refractivity (Wildman–Crippen MR) is 62.7 cm³/mol. The summed E-state index contributed by atoms with van der Waals surface area (Å²) in [6.45, 7) is 0. The first-order chi connectivity index (χ1) is 7.45. The van der Waals surface area contributed by atoms with E-state index in [9.17, 15) is 0 Å². The van der Waals surface area contributed by atoms with Crippen molar-refractivity contribution in [1.82, 2.24) is 0 Å². The third kappa shape index (κ3) is 1.63. The van der Waals surface area contributed by atoms with E-state index >= 15 is 0 Å². The highest BCUT2D eigenvalue weighted by atomic mass is 14.8. The van der Waals surface area contributed by atoms with E-state index in [0.717, 1.165) is 16.6 Å². The van der Waals surface area contributed by atoms with Crippen LogP contribution in [0, 0.1) is 0 Å². The van der Waals surface area contributed by atoms with Crippen LogP contribution < -0.4 is 10.6 Å². The maximum absolute atomic E-state index is 4.28. The Morgan fingerprint density at radius 1 is 1.07 bits per heavy atom. The highest BCUT2D eigenvalue weighted by Crippen LogP contribution is 2.16. The van der Waals surface area contributed by atoms with Crippen LogP contribution in [0.2, 0.25) is 0 Å². The monoisotopic (exact) mass is 196 g/mol. The van der Waals surface area contributed by atoms with E-state index < -0.39 is 0 Å². The summed E-state index contributed by atoms with van der Waals surface area (Å²) < 4.78 is 0. The second kappa shape index (κ2) is 3.46. The molecule has 0 unspecified atom stereocenters. The summed E-state index contributed by atoms with van der Waals surface area (Å²) >= 11 is 0. The lowest BCUT2D eigenvalue weighted by Gasteiger charge is -1.94. The smallest absolute Gasteiger partial charge is 0.0797 e. The Balaban J connectivity index is 0.000000209. The lowest BCUT2D eigenvalue weighted by atomic mass is 10.1. The zero-order valence-corrected chi connectivity index (χ0v) is 8.48. The summed E-state index contributed by atoms with van der Waals surface area (Å²) in [5.41, 5.74) is 2.21. The van der Waals surface area contributed by atoms with E-state index in [4.69, 9.17) is 0 Å². The first-order valence-electron chi connectivity index (χ1n) is 5.37. The Hall–Kier alpha value is -1.70. The summed E-state index contributed by atoms with van der Waals surface area (Å²) in [5.74, 6) is 0. The van der Waals surface area contributed by atoms with Gasteiger partial charge in [-0.1, -0.05) is 25.3 Å². The molecular weight excluding hydrogens is 184 g/mol. The fourth-order valence-corrected chi connectivity index (χ4v) is 1.55. The van der Waals surface area contributed by atoms with Crippen molar-refractivity contribution in [3.8, 4) is 0 Å². The third-order valence-corrected chi connectivity index (χ3v) is 2.49. The van der Waals surface area contributed by atoms with Crippen molar-refractivity contribution in [2.45, 2.75) is 19.3 Å². The number of rotatable bonds is 0. The Morgan fingerprint density at radius 2 is 1.93 bits per heavy atom. The van der Waals surface area contributed by atoms with Gasteiger partial charge >= 0.3 is 0 Å². The first kappa shape index (κ1) is 8.60. The molecule has 0 saturated heterocycles. The average Bonchev–Trinajstić information content (AvgIpc) is 2.94. The van der Waals surface area contributed by atoms with Gasteiger partial charge < -0.3 is 0 Å². The molecule has 0 bridgehead atoms. The van der Waals surface area contributed by atoms with Gasteiger partial charge in [0.25, 0.3) is 0 Å². The van der Waals surface area contributed by atoms with Crippen molar-refractivity contribution >= 4 is 24.1 Å². The van der Waals surface area contributed by atoms with Gasteiger partial charge in [0.05, 0.1) is 11.0 Å². The van der Waals surface area contributed by atoms with Gasteiger partial charge in [-0.05, 0) is 18.2 Å². The summed E-state index contributed by atoms with van der Waals surface area (Å²) in [6, 6.07) is 4.08. The van der Waals surface area contributed by atoms with Crippen molar-refractivity contribution < 1.29 is 0 Å². The maximum atomic E-state index is 4.28. The van der Waals surface area contributed by atoms with Gasteiger partial charge in [-0.15, -0.1) is 0 Å². The van der Waals surface area contributed by atoms with Gasteiger partial charge in [-0.2, -0.15) is 0 Å². The maximum Gasteiger partial charge on any atom is 0.0797 e. The molecule has 4 rings (SSSR count). The van der Waals surface area contributed by atoms with Crippen LogP contribution in [-0.4, -0.2) is 6.21 Å². The van der Waals surface area contributed by atoms with E-state index in [1.54, 1.807) is 0 Å². The van der Waals surface area contributed by atoms with Gasteiger partial charge in [-0.25, -0.2) is 0 Å². The summed E-state index contributed by atoms with van der Waals surface area (Å²) in [4.78, 5) is 8.49. The topological polar surface area (TPSA) is 24.7 Å². The van der Waals surface area contributed by atoms with Crippen LogP contribution in [-0.2, 0) is 0 Å². The average molecular weight is 196 g/mol. The second-order valence-electron chi connectivity index (χ2n) is 3.89. The quantitative estimate of drug-likeness (QED) is 0.606. The molecule has 2 nitrogen and oxygen atoms in total. The lowest BCUT2D eigenvalue weighted by Crippen LogP contribution is -2.09. The van der Waals surface area contributed by atoms with Crippen molar-refractivity contribution in [2.75, 3.05) is 0 Å². The molecule has 3 aliphatic rings. The number of nitrogens with zero attached hydrogens (tertiary/aromatic N) is 2. The third-order valence-electron chi connectivity index (χ3n) is 2.49. The standard InChI is InChI=1S/C10H6N2.C3H6/c1-2-9-8(4-6-11-9)10-7(1)3-5-12-10;1-2-3-1/h1-6H;1-3H2. The molecule has 1 saturated carbocycles. The molecular formula is C13H12N2. The fraction of sp³-hybridized carbons (Fsp3) is 0.231. The molecule has 1 fully saturated rings. The molecule has 0 spiro atoms. The lowest BCUT2D eigenvalue weighted by molar-refractivity contribution is 1.36. The Bertz CT molecular complexity index is 511. The van der Waals surface area contributed by atoms with Crippen LogP contribution in [0.3, 0.4) is 0 Å². The molecule has 0 amide bonds. The molecule has 0 aromatic heterocycles. The van der Waals surface area contributed by atoms with Crippen LogP contribution in [0.4, 0.5) is 5.69 Å². The summed E-state index contributed by atoms with van der Waals surface area (Å²) in [6.07, 6.45) is 12.2. The predicted octanol–water partition coefficient (Wildman–Crippen LogP) is 1.96. The number of benzene rings is 1. The zero-order valence-electron chi connectivity index (χ0n) is 8.48. The van der Waals surface area contributed by atoms with E-state index in [0.29, 0.717) is 0 Å². The largest absolute Gasteiger partial charge is 0.256 e. The van der Waals surface area contributed by atoms with E-state index in [1.807, 2.05) is 30.6 Å². The van der Waals surface area contributed by atoms with Gasteiger partial charge in [0.2, 0.25) is 0 Å². The Labute approximate surface area is 88.4 Å². The van der Waals surface area contributed by atoms with Crippen molar-refractivity contribution in [1.29, 1.82) is 0 Å². The van der Waals surface area contributed by atoms with Crippen molar-refractivity contribution in [3.05, 3.63) is 34.5 Å². The minimum absolute atomic E-state index is 1.03. The molecule has 0 atom stereocenters. The molecule has 1 aromatic carbocycles. The van der Waals surface area contributed by atoms with E-state index in [2.05, 4.69) is 16.1 Å². The number of hydrogen-bond acceptors (Lipinski definition) is 2. The second-order valence-corrected chi connectivity index (χ2v) is 3.89. The number of fused-ring (bicyclic) bond motifs is 3. The highest BCUT2D eigenvalue weighted by Gasteiger charge is 2.07. The zero-order chi connectivity index (χ0) is 10.1. The molecule has 2 aliphatic heterocycles. The van der Waals surface area contributed by atoms with Gasteiger partial charge in [0.1, 0.15) is 0 Å². The summed E-state index contributed by atoms with van der Waals surface area (Å²) in [5, 5.41) is 2.22. The fourth-order valence-electron chi connectivity index (χ4n) is 1.55. The number of aliphatic imine (C=N–C) groups is 1. The van der Waals surface area contributed by atoms with E-state index in [1.165, 1.54) is 24.5 Å². The first-order valence-corrected chi connectivity index (χ1v) is 5.37. The molecule has 0 N–H and O–H groups in total. The van der Waals surface area contributed by atoms with Crippen LogP contribution in [0.15, 0.2) is 28.3 Å². The molecule has 15 heavy (non-hydrogen) atoms. The minimum atomic E-state index is 1.03. The highest BCUT2D eigenvalue weighted by molar-refractivity contribution is 5.98. The number of hydrogen-bond donors (Lipinski definition) is 0.